The van der Waals surface area contributed by atoms with Gasteiger partial charge in [0.05, 0.1) is 11.1 Å². The molecule has 2 aromatic rings. The molecule has 3 atom stereocenters. The topological polar surface area (TPSA) is 108 Å². The first-order valence-electron chi connectivity index (χ1n) is 10.2. The molecule has 2 N–H and O–H groups in total. The minimum atomic E-state index is -3.97. The van der Waals surface area contributed by atoms with E-state index in [1.54, 1.807) is 18.2 Å². The van der Waals surface area contributed by atoms with Crippen LogP contribution < -0.4 is 10.0 Å². The van der Waals surface area contributed by atoms with Crippen molar-refractivity contribution in [1.29, 1.82) is 0 Å². The summed E-state index contributed by atoms with van der Waals surface area (Å²) in [4.78, 5) is 30.5. The van der Waals surface area contributed by atoms with Gasteiger partial charge < -0.3 is 5.32 Å². The van der Waals surface area contributed by atoms with E-state index in [1.807, 2.05) is 6.07 Å². The molecular formula is C21H22ClIN4O4S. The van der Waals surface area contributed by atoms with Gasteiger partial charge in [-0.15, -0.1) is 0 Å². The quantitative estimate of drug-likeness (QED) is 0.303. The van der Waals surface area contributed by atoms with Gasteiger partial charge in [-0.2, -0.15) is 0 Å². The zero-order valence-corrected chi connectivity index (χ0v) is 20.9. The van der Waals surface area contributed by atoms with E-state index in [9.17, 15) is 18.0 Å². The number of amides is 2. The number of hydrogen-bond donors (Lipinski definition) is 2. The van der Waals surface area contributed by atoms with Gasteiger partial charge in [-0.05, 0) is 79.5 Å². The molecule has 0 bridgehead atoms. The Labute approximate surface area is 205 Å². The molecule has 170 valence electrons. The van der Waals surface area contributed by atoms with E-state index in [0.717, 1.165) is 21.3 Å². The van der Waals surface area contributed by atoms with Gasteiger partial charge in [0.2, 0.25) is 10.0 Å². The van der Waals surface area contributed by atoms with Crippen LogP contribution in [-0.2, 0) is 10.0 Å². The van der Waals surface area contributed by atoms with Gasteiger partial charge >= 0.3 is 0 Å². The molecule has 1 saturated carbocycles. The lowest BCUT2D eigenvalue weighted by molar-refractivity contribution is 0.0639. The highest BCUT2D eigenvalue weighted by Gasteiger charge is 2.43. The van der Waals surface area contributed by atoms with Gasteiger partial charge in [0.1, 0.15) is 11.0 Å². The molecule has 1 aliphatic carbocycles. The summed E-state index contributed by atoms with van der Waals surface area (Å²) in [6.07, 6.45) is 2.92. The predicted octanol–water partition coefficient (Wildman–Crippen LogP) is 3.62. The summed E-state index contributed by atoms with van der Waals surface area (Å²) in [6.45, 7) is 1.36. The largest absolute Gasteiger partial charge is 0.367 e. The number of imide groups is 1. The average Bonchev–Trinajstić information content (AvgIpc) is 2.97. The molecule has 0 saturated heterocycles. The third-order valence-corrected chi connectivity index (χ3v) is 8.34. The number of sulfonamides is 1. The van der Waals surface area contributed by atoms with Crippen molar-refractivity contribution in [3.63, 3.8) is 0 Å². The van der Waals surface area contributed by atoms with Crippen molar-refractivity contribution in [2.75, 3.05) is 5.32 Å². The van der Waals surface area contributed by atoms with Crippen LogP contribution in [0.25, 0.3) is 0 Å². The number of carbonyl (C=O) groups is 2. The number of aromatic nitrogens is 1. The predicted molar refractivity (Wildman–Crippen MR) is 130 cm³/mol. The third kappa shape index (κ3) is 4.78. The van der Waals surface area contributed by atoms with Gasteiger partial charge in [0.25, 0.3) is 11.8 Å². The van der Waals surface area contributed by atoms with Gasteiger partial charge in [-0.25, -0.2) is 18.1 Å². The summed E-state index contributed by atoms with van der Waals surface area (Å²) in [7, 11) is -3.97. The number of fused-ring (bicyclic) bond motifs is 1. The van der Waals surface area contributed by atoms with E-state index in [1.165, 1.54) is 19.1 Å². The number of rotatable bonds is 6. The van der Waals surface area contributed by atoms with Crippen molar-refractivity contribution in [1.82, 2.24) is 14.6 Å². The Bertz CT molecular complexity index is 1120. The second kappa shape index (κ2) is 9.24. The van der Waals surface area contributed by atoms with Crippen LogP contribution in [0.3, 0.4) is 0 Å². The zero-order chi connectivity index (χ0) is 23.0. The van der Waals surface area contributed by atoms with E-state index in [2.05, 4.69) is 37.6 Å². The summed E-state index contributed by atoms with van der Waals surface area (Å²) in [5.74, 6) is -0.531. The molecule has 2 heterocycles. The van der Waals surface area contributed by atoms with Crippen LogP contribution in [0.2, 0.25) is 5.15 Å². The molecule has 2 amide bonds. The number of benzene rings is 1. The molecule has 0 spiro atoms. The van der Waals surface area contributed by atoms with Gasteiger partial charge in [0.15, 0.2) is 5.37 Å². The van der Waals surface area contributed by atoms with Crippen LogP contribution in [0.15, 0.2) is 36.4 Å². The normalized spacial score (nSPS) is 22.0. The van der Waals surface area contributed by atoms with Crippen molar-refractivity contribution in [2.45, 2.75) is 50.1 Å². The van der Waals surface area contributed by atoms with Gasteiger partial charge in [-0.1, -0.05) is 23.7 Å². The Balaban J connectivity index is 1.44. The van der Waals surface area contributed by atoms with E-state index < -0.39 is 27.2 Å². The first-order chi connectivity index (χ1) is 15.2. The zero-order valence-electron chi connectivity index (χ0n) is 17.2. The number of nitrogens with zero attached hydrogens (tertiary/aromatic N) is 2. The lowest BCUT2D eigenvalue weighted by Crippen LogP contribution is -2.51. The molecule has 1 aliphatic heterocycles. The Morgan fingerprint density at radius 1 is 1.12 bits per heavy atom. The summed E-state index contributed by atoms with van der Waals surface area (Å²) < 4.78 is 29.8. The molecule has 32 heavy (non-hydrogen) atoms. The number of nitrogens with one attached hydrogen (secondary N) is 2. The maximum atomic E-state index is 13.1. The van der Waals surface area contributed by atoms with Crippen molar-refractivity contribution < 1.29 is 18.0 Å². The number of hydrogen-bond acceptors (Lipinski definition) is 6. The molecule has 4 rings (SSSR count). The second-order valence-corrected chi connectivity index (χ2v) is 11.6. The Morgan fingerprint density at radius 3 is 2.38 bits per heavy atom. The summed E-state index contributed by atoms with van der Waals surface area (Å²) in [5.41, 5.74) is 0.454. The fraction of sp³-hybridized carbons (Fsp3) is 0.381. The molecule has 8 nitrogen and oxygen atoms in total. The van der Waals surface area contributed by atoms with Crippen molar-refractivity contribution in [2.24, 2.45) is 0 Å². The fourth-order valence-electron chi connectivity index (χ4n) is 4.18. The van der Waals surface area contributed by atoms with Crippen LogP contribution in [-0.4, -0.2) is 47.6 Å². The van der Waals surface area contributed by atoms with Crippen molar-refractivity contribution in [3.05, 3.63) is 56.2 Å². The van der Waals surface area contributed by atoms with Crippen LogP contribution in [0.4, 0.5) is 5.82 Å². The average molecular weight is 589 g/mol. The first kappa shape index (κ1) is 23.4. The Morgan fingerprint density at radius 2 is 1.75 bits per heavy atom. The highest BCUT2D eigenvalue weighted by Crippen LogP contribution is 2.28. The smallest absolute Gasteiger partial charge is 0.262 e. The molecule has 2 aliphatic rings. The third-order valence-electron chi connectivity index (χ3n) is 5.75. The standard InChI is InChI=1S/C21H22ClIN4O4S/c1-12(27-20(28)16-7-2-3-8-17(16)21(27)29)32(30,31)26-15-6-4-5-14(11-15)24-19-10-13(23)9-18(22)25-19/h2-3,7-10,12,14-15,26H,4-6,11H2,1H3,(H,24,25). The minimum Gasteiger partial charge on any atom is -0.367 e. The SMILES string of the molecule is CC(N1C(=O)c2ccccc2C1=O)S(=O)(=O)NC1CCCC(Nc2cc(I)cc(Cl)n2)C1. The molecule has 3 unspecified atom stereocenters. The van der Waals surface area contributed by atoms with E-state index in [-0.39, 0.29) is 23.2 Å². The minimum absolute atomic E-state index is 0.0211. The highest BCUT2D eigenvalue weighted by atomic mass is 127. The Hall–Kier alpha value is -1.76. The van der Waals surface area contributed by atoms with E-state index >= 15 is 0 Å². The van der Waals surface area contributed by atoms with Crippen LogP contribution in [0, 0.1) is 3.57 Å². The number of carbonyl (C=O) groups excluding carboxylic acids is 2. The summed E-state index contributed by atoms with van der Waals surface area (Å²) in [6, 6.07) is 9.70. The summed E-state index contributed by atoms with van der Waals surface area (Å²) >= 11 is 8.19. The lowest BCUT2D eigenvalue weighted by atomic mass is 9.91. The van der Waals surface area contributed by atoms with Gasteiger partial charge in [0, 0.05) is 15.7 Å². The lowest BCUT2D eigenvalue weighted by Gasteiger charge is -2.32. The highest BCUT2D eigenvalue weighted by molar-refractivity contribution is 14.1. The molecule has 1 aromatic carbocycles. The molecule has 0 radical (unpaired) electrons. The molecule has 1 fully saturated rings. The van der Waals surface area contributed by atoms with Gasteiger partial charge in [-0.3, -0.25) is 14.5 Å². The van der Waals surface area contributed by atoms with Crippen LogP contribution in [0.5, 0.6) is 0 Å². The Kier molecular flexibility index (Phi) is 6.76. The molecular weight excluding hydrogens is 567 g/mol. The van der Waals surface area contributed by atoms with E-state index in [0.29, 0.717) is 23.8 Å². The maximum Gasteiger partial charge on any atom is 0.262 e. The number of pyridine rings is 1. The number of halogens is 2. The second-order valence-electron chi connectivity index (χ2n) is 7.99. The van der Waals surface area contributed by atoms with Crippen molar-refractivity contribution >= 4 is 61.8 Å². The first-order valence-corrected chi connectivity index (χ1v) is 13.2. The van der Waals surface area contributed by atoms with E-state index in [4.69, 9.17) is 11.6 Å². The molecule has 1 aromatic heterocycles. The monoisotopic (exact) mass is 588 g/mol. The number of anilines is 1. The molecule has 11 heteroatoms. The van der Waals surface area contributed by atoms with Crippen LogP contribution in [0.1, 0.15) is 53.3 Å². The fourth-order valence-corrected chi connectivity index (χ4v) is 6.51. The van der Waals surface area contributed by atoms with Crippen LogP contribution >= 0.6 is 34.2 Å². The van der Waals surface area contributed by atoms with Crippen molar-refractivity contribution in [3.8, 4) is 0 Å². The summed E-state index contributed by atoms with van der Waals surface area (Å²) in [5, 5.41) is 2.41. The maximum absolute atomic E-state index is 13.1.